The summed E-state index contributed by atoms with van der Waals surface area (Å²) < 4.78 is 40.5. The van der Waals surface area contributed by atoms with E-state index in [9.17, 15) is 13.2 Å². The lowest BCUT2D eigenvalue weighted by atomic mass is 10.0. The van der Waals surface area contributed by atoms with Crippen molar-refractivity contribution >= 4 is 16.6 Å². The molecular weight excluding hydrogens is 325 g/mol. The van der Waals surface area contributed by atoms with Crippen molar-refractivity contribution in [3.8, 4) is 11.3 Å². The van der Waals surface area contributed by atoms with E-state index < -0.39 is 11.7 Å². The van der Waals surface area contributed by atoms with Gasteiger partial charge in [-0.05, 0) is 25.0 Å². The number of nitrogens with zero attached hydrogens (tertiary/aromatic N) is 2. The van der Waals surface area contributed by atoms with Crippen molar-refractivity contribution in [2.24, 2.45) is 0 Å². The highest BCUT2D eigenvalue weighted by atomic mass is 19.4. The van der Waals surface area contributed by atoms with Gasteiger partial charge in [-0.25, -0.2) is 4.98 Å². The number of halogens is 3. The molecule has 2 heterocycles. The zero-order chi connectivity index (χ0) is 17.4. The predicted molar refractivity (Wildman–Crippen MR) is 93.6 cm³/mol. The molecular formula is C20H17F3N2. The highest BCUT2D eigenvalue weighted by Crippen LogP contribution is 2.39. The summed E-state index contributed by atoms with van der Waals surface area (Å²) in [6, 6.07) is 15.6. The molecule has 128 valence electrons. The summed E-state index contributed by atoms with van der Waals surface area (Å²) in [7, 11) is 0. The van der Waals surface area contributed by atoms with Gasteiger partial charge >= 0.3 is 6.18 Å². The van der Waals surface area contributed by atoms with Crippen LogP contribution in [0.2, 0.25) is 0 Å². The summed E-state index contributed by atoms with van der Waals surface area (Å²) in [5.41, 5.74) is 1.59. The normalized spacial score (nSPS) is 15.1. The summed E-state index contributed by atoms with van der Waals surface area (Å²) in [6.45, 7) is 1.73. The summed E-state index contributed by atoms with van der Waals surface area (Å²) in [4.78, 5) is 6.56. The standard InChI is InChI=1S/C20H17F3N2/c21-20(22,23)16-10-6-9-15-18(25-11-4-5-12-25)13-17(24-19(15)16)14-7-2-1-3-8-14/h1-3,6-10,13H,4-5,11-12H2. The largest absolute Gasteiger partial charge is 0.418 e. The molecule has 2 aromatic carbocycles. The average molecular weight is 342 g/mol. The monoisotopic (exact) mass is 342 g/mol. The van der Waals surface area contributed by atoms with Crippen molar-refractivity contribution in [1.29, 1.82) is 0 Å². The minimum Gasteiger partial charge on any atom is -0.371 e. The third kappa shape index (κ3) is 2.95. The molecule has 1 aliphatic heterocycles. The molecule has 5 heteroatoms. The molecule has 1 aromatic heterocycles. The first-order valence-corrected chi connectivity index (χ1v) is 8.35. The fourth-order valence-electron chi connectivity index (χ4n) is 3.44. The average Bonchev–Trinajstić information content (AvgIpc) is 3.14. The lowest BCUT2D eigenvalue weighted by Gasteiger charge is -2.22. The molecule has 4 rings (SSSR count). The van der Waals surface area contributed by atoms with E-state index in [0.717, 1.165) is 43.2 Å². The zero-order valence-electron chi connectivity index (χ0n) is 13.6. The number of rotatable bonds is 2. The van der Waals surface area contributed by atoms with Crippen molar-refractivity contribution in [3.05, 3.63) is 60.2 Å². The van der Waals surface area contributed by atoms with Crippen LogP contribution in [0.4, 0.5) is 18.9 Å². The first kappa shape index (κ1) is 15.9. The van der Waals surface area contributed by atoms with E-state index in [1.807, 2.05) is 36.4 Å². The Morgan fingerprint density at radius 1 is 0.880 bits per heavy atom. The number of fused-ring (bicyclic) bond motifs is 1. The van der Waals surface area contributed by atoms with Gasteiger partial charge in [0.15, 0.2) is 0 Å². The molecule has 3 aromatic rings. The van der Waals surface area contributed by atoms with Gasteiger partial charge in [-0.1, -0.05) is 42.5 Å². The van der Waals surface area contributed by atoms with Gasteiger partial charge in [0.2, 0.25) is 0 Å². The summed E-state index contributed by atoms with van der Waals surface area (Å²) in [5, 5.41) is 0.566. The van der Waals surface area contributed by atoms with E-state index in [0.29, 0.717) is 11.1 Å². The van der Waals surface area contributed by atoms with Crippen LogP contribution in [0.25, 0.3) is 22.2 Å². The molecule has 1 fully saturated rings. The quantitative estimate of drug-likeness (QED) is 0.609. The van der Waals surface area contributed by atoms with Crippen LogP contribution in [-0.2, 0) is 6.18 Å². The van der Waals surface area contributed by atoms with Gasteiger partial charge in [0.1, 0.15) is 0 Å². The second-order valence-corrected chi connectivity index (χ2v) is 6.29. The van der Waals surface area contributed by atoms with Crippen LogP contribution in [0.3, 0.4) is 0 Å². The third-order valence-electron chi connectivity index (χ3n) is 4.64. The maximum atomic E-state index is 13.5. The van der Waals surface area contributed by atoms with E-state index in [1.165, 1.54) is 6.07 Å². The Morgan fingerprint density at radius 3 is 2.28 bits per heavy atom. The summed E-state index contributed by atoms with van der Waals surface area (Å²) in [5.74, 6) is 0. The molecule has 25 heavy (non-hydrogen) atoms. The van der Waals surface area contributed by atoms with Crippen LogP contribution < -0.4 is 4.90 Å². The minimum atomic E-state index is -4.43. The number of benzene rings is 2. The number of aromatic nitrogens is 1. The summed E-state index contributed by atoms with van der Waals surface area (Å²) in [6.07, 6.45) is -2.31. The lowest BCUT2D eigenvalue weighted by molar-refractivity contribution is -0.136. The fourth-order valence-corrected chi connectivity index (χ4v) is 3.44. The van der Waals surface area contributed by atoms with Gasteiger partial charge < -0.3 is 4.90 Å². The Hall–Kier alpha value is -2.56. The van der Waals surface area contributed by atoms with Crippen molar-refractivity contribution in [2.75, 3.05) is 18.0 Å². The van der Waals surface area contributed by atoms with E-state index in [1.54, 1.807) is 6.07 Å². The molecule has 1 saturated heterocycles. The van der Waals surface area contributed by atoms with Crippen LogP contribution >= 0.6 is 0 Å². The Morgan fingerprint density at radius 2 is 1.60 bits per heavy atom. The smallest absolute Gasteiger partial charge is 0.371 e. The Kier molecular flexibility index (Phi) is 3.86. The molecule has 0 aliphatic carbocycles. The molecule has 0 bridgehead atoms. The number of hydrogen-bond donors (Lipinski definition) is 0. The SMILES string of the molecule is FC(F)(F)c1cccc2c(N3CCCC3)cc(-c3ccccc3)nc12. The van der Waals surface area contributed by atoms with Crippen LogP contribution in [-0.4, -0.2) is 18.1 Å². The first-order chi connectivity index (χ1) is 12.0. The van der Waals surface area contributed by atoms with E-state index >= 15 is 0 Å². The van der Waals surface area contributed by atoms with Gasteiger partial charge in [0, 0.05) is 29.7 Å². The lowest BCUT2D eigenvalue weighted by Crippen LogP contribution is -2.18. The molecule has 0 unspecified atom stereocenters. The number of para-hydroxylation sites is 1. The number of pyridine rings is 1. The molecule has 0 spiro atoms. The second-order valence-electron chi connectivity index (χ2n) is 6.29. The molecule has 2 nitrogen and oxygen atoms in total. The van der Waals surface area contributed by atoms with Crippen LogP contribution in [0.15, 0.2) is 54.6 Å². The summed E-state index contributed by atoms with van der Waals surface area (Å²) >= 11 is 0. The molecule has 0 radical (unpaired) electrons. The molecule has 1 aliphatic rings. The van der Waals surface area contributed by atoms with Gasteiger partial charge in [0.25, 0.3) is 0 Å². The van der Waals surface area contributed by atoms with Crippen LogP contribution in [0.1, 0.15) is 18.4 Å². The molecule has 0 saturated carbocycles. The van der Waals surface area contributed by atoms with E-state index in [-0.39, 0.29) is 5.52 Å². The van der Waals surface area contributed by atoms with Crippen molar-refractivity contribution in [1.82, 2.24) is 4.98 Å². The van der Waals surface area contributed by atoms with Crippen LogP contribution in [0, 0.1) is 0 Å². The Bertz CT molecular complexity index is 898. The van der Waals surface area contributed by atoms with Gasteiger partial charge in [0.05, 0.1) is 16.8 Å². The van der Waals surface area contributed by atoms with Crippen LogP contribution in [0.5, 0.6) is 0 Å². The Balaban J connectivity index is 2.01. The van der Waals surface area contributed by atoms with Gasteiger partial charge in [-0.15, -0.1) is 0 Å². The molecule has 0 atom stereocenters. The fraction of sp³-hybridized carbons (Fsp3) is 0.250. The van der Waals surface area contributed by atoms with E-state index in [4.69, 9.17) is 0 Å². The Labute approximate surface area is 143 Å². The number of alkyl halides is 3. The maximum absolute atomic E-state index is 13.5. The highest BCUT2D eigenvalue weighted by molar-refractivity contribution is 5.96. The maximum Gasteiger partial charge on any atom is 0.418 e. The zero-order valence-corrected chi connectivity index (χ0v) is 13.6. The third-order valence-corrected chi connectivity index (χ3v) is 4.64. The molecule has 0 amide bonds. The van der Waals surface area contributed by atoms with E-state index in [2.05, 4.69) is 9.88 Å². The highest BCUT2D eigenvalue weighted by Gasteiger charge is 2.34. The number of hydrogen-bond acceptors (Lipinski definition) is 2. The first-order valence-electron chi connectivity index (χ1n) is 8.35. The molecule has 0 N–H and O–H groups in total. The van der Waals surface area contributed by atoms with Gasteiger partial charge in [-0.3, -0.25) is 0 Å². The number of anilines is 1. The second kappa shape index (κ2) is 6.06. The van der Waals surface area contributed by atoms with Crippen molar-refractivity contribution < 1.29 is 13.2 Å². The van der Waals surface area contributed by atoms with Crippen molar-refractivity contribution in [3.63, 3.8) is 0 Å². The predicted octanol–water partition coefficient (Wildman–Crippen LogP) is 5.52. The topological polar surface area (TPSA) is 16.1 Å². The van der Waals surface area contributed by atoms with Crippen molar-refractivity contribution in [2.45, 2.75) is 19.0 Å². The van der Waals surface area contributed by atoms with Gasteiger partial charge in [-0.2, -0.15) is 13.2 Å². The minimum absolute atomic E-state index is 0.0262.